The number of hydrogen-bond donors (Lipinski definition) is 1. The van der Waals surface area contributed by atoms with Gasteiger partial charge in [-0.1, -0.05) is 19.4 Å². The molecule has 0 amide bonds. The van der Waals surface area contributed by atoms with Crippen molar-refractivity contribution in [3.8, 4) is 5.88 Å². The summed E-state index contributed by atoms with van der Waals surface area (Å²) in [5, 5.41) is 3.46. The molecule has 2 aliphatic heterocycles. The molecule has 2 atom stereocenters. The number of aliphatic imine (C=N–C) groups is 1. The number of aromatic nitrogens is 1. The van der Waals surface area contributed by atoms with Gasteiger partial charge in [0, 0.05) is 45.0 Å². The van der Waals surface area contributed by atoms with Gasteiger partial charge in [-0.3, -0.25) is 4.99 Å². The molecule has 0 saturated carbocycles. The highest BCUT2D eigenvalue weighted by Gasteiger charge is 2.32. The summed E-state index contributed by atoms with van der Waals surface area (Å²) < 4.78 is 17.6. The maximum absolute atomic E-state index is 5.94. The Balaban J connectivity index is 0.00000280. The molecular formula is C20H33IN4O3. The average Bonchev–Trinajstić information content (AvgIpc) is 3.25. The van der Waals surface area contributed by atoms with Crippen molar-refractivity contribution < 1.29 is 14.2 Å². The first-order chi connectivity index (χ1) is 13.3. The van der Waals surface area contributed by atoms with E-state index in [1.54, 1.807) is 6.20 Å². The van der Waals surface area contributed by atoms with Crippen LogP contribution in [0.15, 0.2) is 23.3 Å². The smallest absolute Gasteiger partial charge is 0.218 e. The normalized spacial score (nSPS) is 22.6. The van der Waals surface area contributed by atoms with Crippen LogP contribution in [-0.4, -0.2) is 68.0 Å². The summed E-state index contributed by atoms with van der Waals surface area (Å²) in [6.45, 7) is 6.65. The molecule has 1 N–H and O–H groups in total. The van der Waals surface area contributed by atoms with Crippen molar-refractivity contribution in [1.82, 2.24) is 15.2 Å². The first kappa shape index (κ1) is 23.2. The molecular weight excluding hydrogens is 471 g/mol. The van der Waals surface area contributed by atoms with Crippen LogP contribution in [0.25, 0.3) is 0 Å². The van der Waals surface area contributed by atoms with Crippen molar-refractivity contribution >= 4 is 29.9 Å². The Kier molecular flexibility index (Phi) is 10.3. The van der Waals surface area contributed by atoms with Crippen LogP contribution in [0.4, 0.5) is 0 Å². The van der Waals surface area contributed by atoms with Crippen LogP contribution in [0.5, 0.6) is 5.88 Å². The number of guanidine groups is 1. The summed E-state index contributed by atoms with van der Waals surface area (Å²) in [6.07, 6.45) is 6.44. The van der Waals surface area contributed by atoms with E-state index in [9.17, 15) is 0 Å². The van der Waals surface area contributed by atoms with Gasteiger partial charge >= 0.3 is 0 Å². The number of halogens is 1. The molecule has 0 aromatic carbocycles. The average molecular weight is 504 g/mol. The Morgan fingerprint density at radius 1 is 1.36 bits per heavy atom. The van der Waals surface area contributed by atoms with E-state index in [0.29, 0.717) is 25.6 Å². The van der Waals surface area contributed by atoms with E-state index in [4.69, 9.17) is 14.2 Å². The molecule has 0 spiro atoms. The molecule has 0 aliphatic carbocycles. The minimum absolute atomic E-state index is 0. The third kappa shape index (κ3) is 6.45. The molecule has 3 heterocycles. The molecule has 0 bridgehead atoms. The number of morpholine rings is 1. The highest BCUT2D eigenvalue weighted by atomic mass is 127. The molecule has 1 aromatic rings. The molecule has 8 heteroatoms. The molecule has 2 saturated heterocycles. The summed E-state index contributed by atoms with van der Waals surface area (Å²) in [7, 11) is 1.82. The Morgan fingerprint density at radius 3 is 2.96 bits per heavy atom. The van der Waals surface area contributed by atoms with E-state index in [1.807, 2.05) is 19.2 Å². The first-order valence-corrected chi connectivity index (χ1v) is 10.1. The number of nitrogens with one attached hydrogen (secondary N) is 1. The minimum atomic E-state index is 0. The number of rotatable bonds is 7. The van der Waals surface area contributed by atoms with Gasteiger partial charge in [-0.05, 0) is 25.3 Å². The summed E-state index contributed by atoms with van der Waals surface area (Å²) in [5.41, 5.74) is 1.04. The van der Waals surface area contributed by atoms with E-state index >= 15 is 0 Å². The molecule has 158 valence electrons. The lowest BCUT2D eigenvalue weighted by Crippen LogP contribution is -2.53. The molecule has 2 unspecified atom stereocenters. The van der Waals surface area contributed by atoms with Crippen molar-refractivity contribution in [3.05, 3.63) is 23.9 Å². The van der Waals surface area contributed by atoms with Crippen molar-refractivity contribution in [3.63, 3.8) is 0 Å². The second-order valence-electron chi connectivity index (χ2n) is 6.98. The Bertz CT molecular complexity index is 611. The standard InChI is InChI=1S/C20H32N4O3.HI/c1-3-4-11-27-19-16(7-5-9-22-19)14-23-20(21-2)24-10-13-26-18(15-24)17-8-6-12-25-17;/h5,7,9,17-18H,3-4,6,8,10-15H2,1-2H3,(H,21,23);1H. The predicted octanol–water partition coefficient (Wildman–Crippen LogP) is 2.83. The maximum atomic E-state index is 5.94. The summed E-state index contributed by atoms with van der Waals surface area (Å²) in [4.78, 5) is 11.1. The first-order valence-electron chi connectivity index (χ1n) is 10.1. The summed E-state index contributed by atoms with van der Waals surface area (Å²) in [5.74, 6) is 1.58. The molecule has 0 radical (unpaired) electrons. The lowest BCUT2D eigenvalue weighted by atomic mass is 10.1. The Labute approximate surface area is 185 Å². The van der Waals surface area contributed by atoms with Gasteiger partial charge in [0.15, 0.2) is 5.96 Å². The fourth-order valence-corrected chi connectivity index (χ4v) is 3.50. The van der Waals surface area contributed by atoms with Gasteiger partial charge < -0.3 is 24.4 Å². The van der Waals surface area contributed by atoms with Crippen LogP contribution in [0.3, 0.4) is 0 Å². The number of ether oxygens (including phenoxy) is 3. The zero-order valence-electron chi connectivity index (χ0n) is 16.9. The van der Waals surface area contributed by atoms with E-state index in [0.717, 1.165) is 56.9 Å². The second-order valence-corrected chi connectivity index (χ2v) is 6.98. The van der Waals surface area contributed by atoms with E-state index < -0.39 is 0 Å². The summed E-state index contributed by atoms with van der Waals surface area (Å²) in [6, 6.07) is 3.98. The monoisotopic (exact) mass is 504 g/mol. The fourth-order valence-electron chi connectivity index (χ4n) is 3.50. The third-order valence-electron chi connectivity index (χ3n) is 5.01. The van der Waals surface area contributed by atoms with Gasteiger partial charge in [0.25, 0.3) is 0 Å². The van der Waals surface area contributed by atoms with Gasteiger partial charge in [-0.25, -0.2) is 4.98 Å². The fraction of sp³-hybridized carbons (Fsp3) is 0.700. The van der Waals surface area contributed by atoms with Crippen molar-refractivity contribution in [1.29, 1.82) is 0 Å². The van der Waals surface area contributed by atoms with Gasteiger partial charge in [-0.2, -0.15) is 0 Å². The lowest BCUT2D eigenvalue weighted by Gasteiger charge is -2.37. The quantitative estimate of drug-likeness (QED) is 0.267. The summed E-state index contributed by atoms with van der Waals surface area (Å²) >= 11 is 0. The SMILES string of the molecule is CCCCOc1ncccc1CNC(=NC)N1CCOC(C2CCCO2)C1.I. The highest BCUT2D eigenvalue weighted by molar-refractivity contribution is 14.0. The zero-order valence-corrected chi connectivity index (χ0v) is 19.3. The molecule has 1 aromatic heterocycles. The second kappa shape index (κ2) is 12.4. The molecule has 3 rings (SSSR count). The molecule has 2 fully saturated rings. The van der Waals surface area contributed by atoms with Crippen LogP contribution < -0.4 is 10.1 Å². The van der Waals surface area contributed by atoms with Crippen molar-refractivity contribution in [2.45, 2.75) is 51.4 Å². The van der Waals surface area contributed by atoms with E-state index in [1.165, 1.54) is 0 Å². The topological polar surface area (TPSA) is 68.2 Å². The van der Waals surface area contributed by atoms with E-state index in [2.05, 4.69) is 27.1 Å². The highest BCUT2D eigenvalue weighted by Crippen LogP contribution is 2.21. The predicted molar refractivity (Wildman–Crippen MR) is 121 cm³/mol. The molecule has 28 heavy (non-hydrogen) atoms. The third-order valence-corrected chi connectivity index (χ3v) is 5.01. The lowest BCUT2D eigenvalue weighted by molar-refractivity contribution is -0.0817. The number of pyridine rings is 1. The Hall–Kier alpha value is -1.13. The zero-order chi connectivity index (χ0) is 18.9. The van der Waals surface area contributed by atoms with Gasteiger partial charge in [0.2, 0.25) is 5.88 Å². The van der Waals surface area contributed by atoms with Crippen LogP contribution in [0.1, 0.15) is 38.2 Å². The van der Waals surface area contributed by atoms with Crippen LogP contribution in [0, 0.1) is 0 Å². The Morgan fingerprint density at radius 2 is 2.21 bits per heavy atom. The van der Waals surface area contributed by atoms with Crippen molar-refractivity contribution in [2.24, 2.45) is 4.99 Å². The van der Waals surface area contributed by atoms with E-state index in [-0.39, 0.29) is 36.2 Å². The number of unbranched alkanes of at least 4 members (excludes halogenated alkanes) is 1. The van der Waals surface area contributed by atoms with Gasteiger partial charge in [0.1, 0.15) is 6.10 Å². The minimum Gasteiger partial charge on any atom is -0.477 e. The largest absolute Gasteiger partial charge is 0.477 e. The number of hydrogen-bond acceptors (Lipinski definition) is 5. The maximum Gasteiger partial charge on any atom is 0.218 e. The van der Waals surface area contributed by atoms with Crippen LogP contribution in [0.2, 0.25) is 0 Å². The van der Waals surface area contributed by atoms with Gasteiger partial charge in [-0.15, -0.1) is 24.0 Å². The van der Waals surface area contributed by atoms with Crippen LogP contribution >= 0.6 is 24.0 Å². The molecule has 2 aliphatic rings. The van der Waals surface area contributed by atoms with Crippen molar-refractivity contribution in [2.75, 3.05) is 40.0 Å². The van der Waals surface area contributed by atoms with Crippen LogP contribution in [-0.2, 0) is 16.0 Å². The van der Waals surface area contributed by atoms with Gasteiger partial charge in [0.05, 0.1) is 19.3 Å². The number of nitrogens with zero attached hydrogens (tertiary/aromatic N) is 3. The molecule has 7 nitrogen and oxygen atoms in total.